The Labute approximate surface area is 151 Å². The Kier molecular flexibility index (Phi) is 5.26. The highest BCUT2D eigenvalue weighted by Crippen LogP contribution is 2.22. The maximum Gasteiger partial charge on any atom is 0.337 e. The van der Waals surface area contributed by atoms with Crippen LogP contribution < -0.4 is 5.32 Å². The lowest BCUT2D eigenvalue weighted by molar-refractivity contribution is -0.128. The fourth-order valence-electron chi connectivity index (χ4n) is 2.90. The lowest BCUT2D eigenvalue weighted by atomic mass is 10.1. The number of anilines is 1. The van der Waals surface area contributed by atoms with Gasteiger partial charge >= 0.3 is 5.97 Å². The lowest BCUT2D eigenvalue weighted by Crippen LogP contribution is -2.28. The fraction of sp³-hybridized carbons (Fsp3) is 0.263. The molecular weight excluding hydrogens is 334 g/mol. The second-order valence-corrected chi connectivity index (χ2v) is 6.09. The standard InChI is InChI=1S/C19H19N3O4/c1-26-19(25)14-3-2-4-16(9-14)21-18(24)15-10-17(23)22(12-15)11-13-5-7-20-8-6-13/h2-9,15H,10-12H2,1H3,(H,21,24). The third kappa shape index (κ3) is 4.05. The average Bonchev–Trinajstić information content (AvgIpc) is 3.03. The van der Waals surface area contributed by atoms with Gasteiger partial charge in [0.05, 0.1) is 18.6 Å². The highest BCUT2D eigenvalue weighted by Gasteiger charge is 2.34. The number of amides is 2. The molecule has 0 saturated carbocycles. The van der Waals surface area contributed by atoms with Crippen LogP contribution in [0.3, 0.4) is 0 Å². The van der Waals surface area contributed by atoms with Crippen LogP contribution in [0.4, 0.5) is 5.69 Å². The minimum absolute atomic E-state index is 0.0507. The molecule has 2 heterocycles. The molecule has 7 nitrogen and oxygen atoms in total. The van der Waals surface area contributed by atoms with Crippen LogP contribution in [0.15, 0.2) is 48.8 Å². The maximum atomic E-state index is 12.5. The monoisotopic (exact) mass is 353 g/mol. The van der Waals surface area contributed by atoms with E-state index in [0.29, 0.717) is 24.3 Å². The number of ether oxygens (including phenoxy) is 1. The number of hydrogen-bond acceptors (Lipinski definition) is 5. The maximum absolute atomic E-state index is 12.5. The first kappa shape index (κ1) is 17.6. The average molecular weight is 353 g/mol. The molecule has 1 N–H and O–H groups in total. The summed E-state index contributed by atoms with van der Waals surface area (Å²) in [6.07, 6.45) is 3.52. The van der Waals surface area contributed by atoms with Gasteiger partial charge in [0.25, 0.3) is 0 Å². The zero-order valence-corrected chi connectivity index (χ0v) is 14.3. The van der Waals surface area contributed by atoms with Crippen LogP contribution >= 0.6 is 0 Å². The van der Waals surface area contributed by atoms with Crippen LogP contribution in [0.5, 0.6) is 0 Å². The zero-order chi connectivity index (χ0) is 18.5. The van der Waals surface area contributed by atoms with Gasteiger partial charge in [0.2, 0.25) is 11.8 Å². The number of nitrogens with zero attached hydrogens (tertiary/aromatic N) is 2. The first-order valence-corrected chi connectivity index (χ1v) is 8.22. The molecule has 1 unspecified atom stereocenters. The Morgan fingerprint density at radius 1 is 1.27 bits per heavy atom. The number of carbonyl (C=O) groups excluding carboxylic acids is 3. The molecule has 7 heteroatoms. The number of hydrogen-bond donors (Lipinski definition) is 1. The third-order valence-corrected chi connectivity index (χ3v) is 4.26. The van der Waals surface area contributed by atoms with Gasteiger partial charge in [0.15, 0.2) is 0 Å². The van der Waals surface area contributed by atoms with Crippen LogP contribution in [0.2, 0.25) is 0 Å². The van der Waals surface area contributed by atoms with Crippen molar-refractivity contribution in [2.75, 3.05) is 19.0 Å². The largest absolute Gasteiger partial charge is 0.465 e. The normalized spacial score (nSPS) is 16.4. The summed E-state index contributed by atoms with van der Waals surface area (Å²) in [5, 5.41) is 2.77. The van der Waals surface area contributed by atoms with E-state index in [0.717, 1.165) is 5.56 Å². The number of esters is 1. The summed E-state index contributed by atoms with van der Waals surface area (Å²) in [5.41, 5.74) is 1.82. The Bertz CT molecular complexity index is 823. The predicted octanol–water partition coefficient (Wildman–Crippen LogP) is 1.86. The van der Waals surface area contributed by atoms with Gasteiger partial charge in [-0.2, -0.15) is 0 Å². The molecule has 1 aromatic carbocycles. The van der Waals surface area contributed by atoms with Crippen molar-refractivity contribution >= 4 is 23.5 Å². The SMILES string of the molecule is COC(=O)c1cccc(NC(=O)C2CC(=O)N(Cc3ccncc3)C2)c1. The minimum atomic E-state index is -0.472. The molecule has 0 radical (unpaired) electrons. The van der Waals surface area contributed by atoms with E-state index < -0.39 is 11.9 Å². The van der Waals surface area contributed by atoms with Gasteiger partial charge in [0, 0.05) is 37.6 Å². The summed E-state index contributed by atoms with van der Waals surface area (Å²) < 4.78 is 4.67. The van der Waals surface area contributed by atoms with Crippen molar-refractivity contribution in [3.63, 3.8) is 0 Å². The second-order valence-electron chi connectivity index (χ2n) is 6.09. The molecule has 3 rings (SSSR count). The van der Waals surface area contributed by atoms with Crippen LogP contribution in [0.25, 0.3) is 0 Å². The highest BCUT2D eigenvalue weighted by molar-refractivity contribution is 5.98. The van der Waals surface area contributed by atoms with Crippen LogP contribution in [0, 0.1) is 5.92 Å². The molecule has 1 fully saturated rings. The first-order chi connectivity index (χ1) is 12.6. The summed E-state index contributed by atoms with van der Waals surface area (Å²) in [6, 6.07) is 10.2. The molecule has 1 aliphatic rings. The topological polar surface area (TPSA) is 88.6 Å². The number of likely N-dealkylation sites (tertiary alicyclic amines) is 1. The van der Waals surface area contributed by atoms with Crippen molar-refractivity contribution in [2.45, 2.75) is 13.0 Å². The van der Waals surface area contributed by atoms with Gasteiger partial charge in [-0.15, -0.1) is 0 Å². The third-order valence-electron chi connectivity index (χ3n) is 4.26. The molecule has 1 aromatic heterocycles. The lowest BCUT2D eigenvalue weighted by Gasteiger charge is -2.16. The number of benzene rings is 1. The Hall–Kier alpha value is -3.22. The van der Waals surface area contributed by atoms with E-state index in [1.165, 1.54) is 7.11 Å². The van der Waals surface area contributed by atoms with Gasteiger partial charge in [-0.05, 0) is 35.9 Å². The molecule has 0 aliphatic carbocycles. The summed E-state index contributed by atoms with van der Waals surface area (Å²) >= 11 is 0. The number of pyridine rings is 1. The summed E-state index contributed by atoms with van der Waals surface area (Å²) in [7, 11) is 1.30. The van der Waals surface area contributed by atoms with E-state index in [9.17, 15) is 14.4 Å². The van der Waals surface area contributed by atoms with Crippen LogP contribution in [-0.2, 0) is 20.9 Å². The number of methoxy groups -OCH3 is 1. The fourth-order valence-corrected chi connectivity index (χ4v) is 2.90. The quantitative estimate of drug-likeness (QED) is 0.829. The highest BCUT2D eigenvalue weighted by atomic mass is 16.5. The molecule has 2 amide bonds. The zero-order valence-electron chi connectivity index (χ0n) is 14.3. The van der Waals surface area contributed by atoms with E-state index in [2.05, 4.69) is 15.0 Å². The molecule has 0 spiro atoms. The Morgan fingerprint density at radius 2 is 2.04 bits per heavy atom. The molecule has 134 valence electrons. The molecule has 26 heavy (non-hydrogen) atoms. The van der Waals surface area contributed by atoms with Crippen LogP contribution in [0.1, 0.15) is 22.3 Å². The van der Waals surface area contributed by atoms with Crippen molar-refractivity contribution in [1.82, 2.24) is 9.88 Å². The molecule has 1 saturated heterocycles. The van der Waals surface area contributed by atoms with Gasteiger partial charge < -0.3 is 15.0 Å². The van der Waals surface area contributed by atoms with Crippen molar-refractivity contribution in [3.8, 4) is 0 Å². The van der Waals surface area contributed by atoms with Crippen LogP contribution in [-0.4, -0.2) is 41.3 Å². The van der Waals surface area contributed by atoms with Gasteiger partial charge in [-0.25, -0.2) is 4.79 Å². The van der Waals surface area contributed by atoms with E-state index in [4.69, 9.17) is 0 Å². The van der Waals surface area contributed by atoms with E-state index in [1.807, 2.05) is 12.1 Å². The number of aromatic nitrogens is 1. The Morgan fingerprint density at radius 3 is 2.77 bits per heavy atom. The summed E-state index contributed by atoms with van der Waals surface area (Å²) in [5.74, 6) is -1.19. The summed E-state index contributed by atoms with van der Waals surface area (Å²) in [4.78, 5) is 41.9. The molecular formula is C19H19N3O4. The predicted molar refractivity (Wildman–Crippen MR) is 94.2 cm³/mol. The van der Waals surface area contributed by atoms with Crippen molar-refractivity contribution < 1.29 is 19.1 Å². The van der Waals surface area contributed by atoms with Gasteiger partial charge in [-0.3, -0.25) is 14.6 Å². The Balaban J connectivity index is 1.62. The molecule has 2 aromatic rings. The van der Waals surface area contributed by atoms with Crippen molar-refractivity contribution in [1.29, 1.82) is 0 Å². The minimum Gasteiger partial charge on any atom is -0.465 e. The first-order valence-electron chi connectivity index (χ1n) is 8.22. The molecule has 1 aliphatic heterocycles. The summed E-state index contributed by atoms with van der Waals surface area (Å²) in [6.45, 7) is 0.826. The second kappa shape index (κ2) is 7.77. The molecule has 1 atom stereocenters. The van der Waals surface area contributed by atoms with E-state index >= 15 is 0 Å². The van der Waals surface area contributed by atoms with Gasteiger partial charge in [-0.1, -0.05) is 6.07 Å². The van der Waals surface area contributed by atoms with E-state index in [1.54, 1.807) is 41.6 Å². The van der Waals surface area contributed by atoms with Crippen molar-refractivity contribution in [2.24, 2.45) is 5.92 Å². The molecule has 0 bridgehead atoms. The number of carbonyl (C=O) groups is 3. The van der Waals surface area contributed by atoms with E-state index in [-0.39, 0.29) is 18.2 Å². The van der Waals surface area contributed by atoms with Gasteiger partial charge in [0.1, 0.15) is 0 Å². The number of nitrogens with one attached hydrogen (secondary N) is 1. The smallest absolute Gasteiger partial charge is 0.337 e. The van der Waals surface area contributed by atoms with Crippen molar-refractivity contribution in [3.05, 3.63) is 59.9 Å². The number of rotatable bonds is 5.